The minimum Gasteiger partial charge on any atom is -0.496 e. The van der Waals surface area contributed by atoms with Crippen LogP contribution in [0.3, 0.4) is 0 Å². The molecular weight excluding hydrogens is 385 g/mol. The minimum atomic E-state index is -4.80. The van der Waals surface area contributed by atoms with Gasteiger partial charge < -0.3 is 9.47 Å². The van der Waals surface area contributed by atoms with Gasteiger partial charge in [-0.25, -0.2) is 9.98 Å². The number of ether oxygens (including phenoxy) is 2. The molecule has 2 aromatic rings. The first-order valence-electron chi connectivity index (χ1n) is 8.60. The lowest BCUT2D eigenvalue weighted by atomic mass is 9.76. The highest BCUT2D eigenvalue weighted by molar-refractivity contribution is 5.99. The van der Waals surface area contributed by atoms with E-state index in [1.54, 1.807) is 13.0 Å². The fourth-order valence-corrected chi connectivity index (χ4v) is 3.36. The normalized spacial score (nSPS) is 18.1. The van der Waals surface area contributed by atoms with Crippen LogP contribution in [-0.4, -0.2) is 30.6 Å². The van der Waals surface area contributed by atoms with Crippen molar-refractivity contribution in [1.82, 2.24) is 4.98 Å². The van der Waals surface area contributed by atoms with Gasteiger partial charge in [0.2, 0.25) is 5.88 Å². The molecule has 0 bridgehead atoms. The highest BCUT2D eigenvalue weighted by Gasteiger charge is 2.49. The molecule has 3 rings (SSSR count). The molecule has 148 valence electrons. The Labute approximate surface area is 164 Å². The lowest BCUT2D eigenvalue weighted by molar-refractivity contribution is -0.0623. The number of halogens is 3. The third-order valence-corrected chi connectivity index (χ3v) is 4.52. The van der Waals surface area contributed by atoms with E-state index in [-0.39, 0.29) is 35.1 Å². The van der Waals surface area contributed by atoms with Crippen molar-refractivity contribution in [2.45, 2.75) is 19.0 Å². The summed E-state index contributed by atoms with van der Waals surface area (Å²) in [5.41, 5.74) is -0.311. The summed E-state index contributed by atoms with van der Waals surface area (Å²) in [7, 11) is 1.34. The average molecular weight is 400 g/mol. The number of aromatic nitrogens is 1. The number of pyridine rings is 1. The quantitative estimate of drug-likeness (QED) is 0.764. The third-order valence-electron chi connectivity index (χ3n) is 4.52. The van der Waals surface area contributed by atoms with E-state index in [9.17, 15) is 18.4 Å². The van der Waals surface area contributed by atoms with Gasteiger partial charge in [0.25, 0.3) is 0 Å². The van der Waals surface area contributed by atoms with Crippen LogP contribution in [0.4, 0.5) is 18.9 Å². The smallest absolute Gasteiger partial charge is 0.430 e. The van der Waals surface area contributed by atoms with Crippen molar-refractivity contribution in [1.29, 1.82) is 10.5 Å². The van der Waals surface area contributed by atoms with Crippen LogP contribution < -0.4 is 9.47 Å². The van der Waals surface area contributed by atoms with Crippen LogP contribution >= 0.6 is 0 Å². The number of fused-ring (bicyclic) bond motifs is 1. The van der Waals surface area contributed by atoms with Crippen LogP contribution in [0.25, 0.3) is 0 Å². The van der Waals surface area contributed by atoms with Crippen molar-refractivity contribution in [3.63, 3.8) is 0 Å². The molecule has 1 aliphatic heterocycles. The lowest BCUT2D eigenvalue weighted by Crippen LogP contribution is -2.36. The average Bonchev–Trinajstić information content (AvgIpc) is 2.71. The number of methoxy groups -OCH3 is 1. The van der Waals surface area contributed by atoms with E-state index >= 15 is 0 Å². The number of rotatable bonds is 4. The summed E-state index contributed by atoms with van der Waals surface area (Å²) in [6.45, 7) is 1.95. The van der Waals surface area contributed by atoms with Crippen molar-refractivity contribution in [2.24, 2.45) is 10.9 Å². The van der Waals surface area contributed by atoms with Gasteiger partial charge in [-0.2, -0.15) is 23.7 Å². The number of benzene rings is 1. The molecule has 0 amide bonds. The van der Waals surface area contributed by atoms with Gasteiger partial charge in [0.1, 0.15) is 17.4 Å². The van der Waals surface area contributed by atoms with Crippen molar-refractivity contribution in [3.8, 4) is 23.8 Å². The minimum absolute atomic E-state index is 0.0266. The van der Waals surface area contributed by atoms with Crippen LogP contribution in [0, 0.1) is 28.6 Å². The Morgan fingerprint density at radius 3 is 2.55 bits per heavy atom. The van der Waals surface area contributed by atoms with Crippen molar-refractivity contribution >= 4 is 11.4 Å². The van der Waals surface area contributed by atoms with E-state index < -0.39 is 23.7 Å². The second-order valence-corrected chi connectivity index (χ2v) is 6.13. The second kappa shape index (κ2) is 7.80. The van der Waals surface area contributed by atoms with Gasteiger partial charge >= 0.3 is 6.18 Å². The topological polar surface area (TPSA) is 91.3 Å². The van der Waals surface area contributed by atoms with Gasteiger partial charge in [0.05, 0.1) is 37.1 Å². The lowest BCUT2D eigenvalue weighted by Gasteiger charge is -2.31. The highest BCUT2D eigenvalue weighted by atomic mass is 19.4. The maximum atomic E-state index is 13.7. The van der Waals surface area contributed by atoms with Gasteiger partial charge in [0, 0.05) is 23.2 Å². The first-order valence-corrected chi connectivity index (χ1v) is 8.60. The van der Waals surface area contributed by atoms with Crippen molar-refractivity contribution in [3.05, 3.63) is 47.2 Å². The molecule has 0 radical (unpaired) electrons. The van der Waals surface area contributed by atoms with Gasteiger partial charge in [-0.1, -0.05) is 6.07 Å². The molecule has 1 aliphatic rings. The Morgan fingerprint density at radius 1 is 1.21 bits per heavy atom. The number of nitrogens with zero attached hydrogens (tertiary/aromatic N) is 4. The summed E-state index contributed by atoms with van der Waals surface area (Å²) in [4.78, 5) is 7.86. The zero-order valence-corrected chi connectivity index (χ0v) is 15.5. The van der Waals surface area contributed by atoms with Crippen LogP contribution in [-0.2, 0) is 0 Å². The van der Waals surface area contributed by atoms with E-state index in [4.69, 9.17) is 14.7 Å². The summed E-state index contributed by atoms with van der Waals surface area (Å²) >= 11 is 0. The van der Waals surface area contributed by atoms with Crippen LogP contribution in [0.5, 0.6) is 11.6 Å². The van der Waals surface area contributed by atoms with Crippen LogP contribution in [0.2, 0.25) is 0 Å². The fourth-order valence-electron chi connectivity index (χ4n) is 3.36. The third kappa shape index (κ3) is 3.59. The van der Waals surface area contributed by atoms with E-state index in [1.165, 1.54) is 37.6 Å². The molecule has 0 fully saturated rings. The molecular formula is C20H15F3N4O2. The monoisotopic (exact) mass is 400 g/mol. The summed E-state index contributed by atoms with van der Waals surface area (Å²) in [5.74, 6) is -2.45. The number of nitriles is 2. The van der Waals surface area contributed by atoms with Gasteiger partial charge in [-0.15, -0.1) is 0 Å². The van der Waals surface area contributed by atoms with E-state index in [2.05, 4.69) is 9.98 Å². The molecule has 0 aliphatic carbocycles. The Hall–Kier alpha value is -3.59. The predicted molar refractivity (Wildman–Crippen MR) is 97.2 cm³/mol. The summed E-state index contributed by atoms with van der Waals surface area (Å²) in [6.07, 6.45) is -3.49. The number of hydrogen-bond donors (Lipinski definition) is 0. The zero-order valence-electron chi connectivity index (χ0n) is 15.5. The molecule has 9 heteroatoms. The summed E-state index contributed by atoms with van der Waals surface area (Å²) in [6, 6.07) is 9.41. The SMILES string of the molecule is CCOc1nccc2c1C(c1ccc(C#N)cc1OC)C(C#N)C(C(F)(F)F)=N2. The molecule has 0 spiro atoms. The molecule has 2 atom stereocenters. The van der Waals surface area contributed by atoms with E-state index in [1.807, 2.05) is 6.07 Å². The van der Waals surface area contributed by atoms with E-state index in [0.717, 1.165) is 0 Å². The maximum absolute atomic E-state index is 13.7. The molecule has 1 aromatic heterocycles. The molecule has 2 heterocycles. The number of hydrogen-bond acceptors (Lipinski definition) is 6. The molecule has 0 saturated heterocycles. The molecule has 6 nitrogen and oxygen atoms in total. The van der Waals surface area contributed by atoms with Crippen LogP contribution in [0.15, 0.2) is 35.5 Å². The standard InChI is InChI=1S/C20H15F3N4O2/c1-3-29-19-17-14(6-7-26-19)27-18(20(21,22)23)13(10-25)16(17)12-5-4-11(9-24)8-15(12)28-2/h4-8,13,16H,3H2,1-2H3. The van der Waals surface area contributed by atoms with E-state index in [0.29, 0.717) is 5.56 Å². The maximum Gasteiger partial charge on any atom is 0.430 e. The molecule has 29 heavy (non-hydrogen) atoms. The number of aliphatic imine (C=N–C) groups is 1. The van der Waals surface area contributed by atoms with Crippen molar-refractivity contribution in [2.75, 3.05) is 13.7 Å². The zero-order chi connectivity index (χ0) is 21.2. The Balaban J connectivity index is 2.35. The fraction of sp³-hybridized carbons (Fsp3) is 0.300. The van der Waals surface area contributed by atoms with Gasteiger partial charge in [0.15, 0.2) is 0 Å². The Bertz CT molecular complexity index is 1050. The first-order chi connectivity index (χ1) is 13.8. The Kier molecular flexibility index (Phi) is 5.42. The molecule has 0 N–H and O–H groups in total. The van der Waals surface area contributed by atoms with Gasteiger partial charge in [-0.3, -0.25) is 0 Å². The predicted octanol–water partition coefficient (Wildman–Crippen LogP) is 4.28. The van der Waals surface area contributed by atoms with Crippen molar-refractivity contribution < 1.29 is 22.6 Å². The van der Waals surface area contributed by atoms with Gasteiger partial charge in [-0.05, 0) is 25.1 Å². The van der Waals surface area contributed by atoms with Crippen LogP contribution in [0.1, 0.15) is 29.5 Å². The first kappa shape index (κ1) is 20.2. The largest absolute Gasteiger partial charge is 0.496 e. The molecule has 1 aromatic carbocycles. The highest BCUT2D eigenvalue weighted by Crippen LogP contribution is 2.50. The molecule has 0 saturated carbocycles. The summed E-state index contributed by atoms with van der Waals surface area (Å²) < 4.78 is 52.0. The second-order valence-electron chi connectivity index (χ2n) is 6.13. The molecule has 2 unspecified atom stereocenters. The Morgan fingerprint density at radius 2 is 1.97 bits per heavy atom. The number of alkyl halides is 3. The summed E-state index contributed by atoms with van der Waals surface area (Å²) in [5, 5.41) is 18.8.